The van der Waals surface area contributed by atoms with E-state index in [0.29, 0.717) is 9.99 Å². The third kappa shape index (κ3) is 1.53. The molecule has 0 saturated carbocycles. The predicted octanol–water partition coefficient (Wildman–Crippen LogP) is 2.30. The number of ether oxygens (including phenoxy) is 1. The fourth-order valence-corrected chi connectivity index (χ4v) is 1.75. The van der Waals surface area contributed by atoms with Crippen LogP contribution in [0, 0.1) is 0 Å². The lowest BCUT2D eigenvalue weighted by Crippen LogP contribution is -2.01. The summed E-state index contributed by atoms with van der Waals surface area (Å²) >= 11 is 3.23. The van der Waals surface area contributed by atoms with Crippen LogP contribution in [0.15, 0.2) is 33.7 Å². The second-order valence-electron chi connectivity index (χ2n) is 2.89. The number of aromatic amines is 1. The molecule has 0 unspecified atom stereocenters. The van der Waals surface area contributed by atoms with Gasteiger partial charge < -0.3 is 9.72 Å². The lowest BCUT2D eigenvalue weighted by molar-refractivity contribution is 0.415. The average molecular weight is 254 g/mol. The van der Waals surface area contributed by atoms with Gasteiger partial charge in [-0.15, -0.1) is 0 Å². The van der Waals surface area contributed by atoms with E-state index in [-0.39, 0.29) is 5.43 Å². The molecule has 0 saturated heterocycles. The Hall–Kier alpha value is -1.29. The number of fused-ring (bicyclic) bond motifs is 1. The van der Waals surface area contributed by atoms with Gasteiger partial charge in [-0.1, -0.05) is 0 Å². The first-order chi connectivity index (χ1) is 6.70. The fraction of sp³-hybridized carbons (Fsp3) is 0.100. The van der Waals surface area contributed by atoms with E-state index >= 15 is 0 Å². The van der Waals surface area contributed by atoms with Crippen molar-refractivity contribution in [2.75, 3.05) is 7.11 Å². The smallest absolute Gasteiger partial charge is 0.190 e. The minimum atomic E-state index is -0.00622. The van der Waals surface area contributed by atoms with Crippen LogP contribution in [0.2, 0.25) is 0 Å². The monoisotopic (exact) mass is 253 g/mol. The van der Waals surface area contributed by atoms with Crippen molar-refractivity contribution in [1.29, 1.82) is 0 Å². The minimum Gasteiger partial charge on any atom is -0.497 e. The van der Waals surface area contributed by atoms with Gasteiger partial charge in [0.1, 0.15) is 5.75 Å². The van der Waals surface area contributed by atoms with Crippen LogP contribution >= 0.6 is 15.9 Å². The number of aromatic nitrogens is 1. The van der Waals surface area contributed by atoms with Crippen LogP contribution in [0.1, 0.15) is 0 Å². The number of nitrogens with one attached hydrogen (secondary N) is 1. The van der Waals surface area contributed by atoms with E-state index < -0.39 is 0 Å². The van der Waals surface area contributed by atoms with Crippen LogP contribution in [0.25, 0.3) is 10.9 Å². The number of hydrogen-bond donors (Lipinski definition) is 1. The minimum absolute atomic E-state index is 0.00622. The third-order valence-corrected chi connectivity index (χ3v) is 2.43. The first kappa shape index (κ1) is 9.27. The highest BCUT2D eigenvalue weighted by molar-refractivity contribution is 9.10. The molecule has 4 heteroatoms. The van der Waals surface area contributed by atoms with Crippen LogP contribution < -0.4 is 10.2 Å². The van der Waals surface area contributed by atoms with Crippen molar-refractivity contribution in [2.24, 2.45) is 0 Å². The fourth-order valence-electron chi connectivity index (χ4n) is 1.33. The van der Waals surface area contributed by atoms with E-state index in [4.69, 9.17) is 4.74 Å². The van der Waals surface area contributed by atoms with E-state index in [0.717, 1.165) is 11.3 Å². The molecule has 0 bridgehead atoms. The van der Waals surface area contributed by atoms with Crippen LogP contribution in [0.5, 0.6) is 5.75 Å². The molecule has 0 amide bonds. The summed E-state index contributed by atoms with van der Waals surface area (Å²) in [5.41, 5.74) is 0.761. The highest BCUT2D eigenvalue weighted by Crippen LogP contribution is 2.17. The van der Waals surface area contributed by atoms with Crippen molar-refractivity contribution in [2.45, 2.75) is 0 Å². The maximum atomic E-state index is 11.5. The van der Waals surface area contributed by atoms with Gasteiger partial charge in [0.05, 0.1) is 17.2 Å². The van der Waals surface area contributed by atoms with Gasteiger partial charge in [0.2, 0.25) is 0 Å². The molecule has 0 aliphatic heterocycles. The molecule has 2 aromatic rings. The van der Waals surface area contributed by atoms with Crippen LogP contribution in [0.4, 0.5) is 0 Å². The number of H-pyrrole nitrogens is 1. The molecule has 2 rings (SSSR count). The zero-order chi connectivity index (χ0) is 10.1. The van der Waals surface area contributed by atoms with Crippen molar-refractivity contribution in [3.05, 3.63) is 39.1 Å². The normalized spacial score (nSPS) is 10.4. The SMILES string of the molecule is COc1ccc2c(=O)cc(Br)[nH]c2c1. The summed E-state index contributed by atoms with van der Waals surface area (Å²) < 4.78 is 5.73. The Bertz CT molecular complexity index is 533. The molecule has 0 aliphatic rings. The zero-order valence-electron chi connectivity index (χ0n) is 7.50. The van der Waals surface area contributed by atoms with Crippen molar-refractivity contribution in [3.63, 3.8) is 0 Å². The second-order valence-corrected chi connectivity index (χ2v) is 3.75. The predicted molar refractivity (Wildman–Crippen MR) is 58.8 cm³/mol. The lowest BCUT2D eigenvalue weighted by atomic mass is 10.2. The molecule has 1 aromatic carbocycles. The van der Waals surface area contributed by atoms with Crippen LogP contribution in [-0.2, 0) is 0 Å². The highest BCUT2D eigenvalue weighted by Gasteiger charge is 2.01. The largest absolute Gasteiger partial charge is 0.497 e. The Morgan fingerprint density at radius 3 is 2.86 bits per heavy atom. The number of rotatable bonds is 1. The molecule has 1 heterocycles. The molecule has 72 valence electrons. The molecule has 1 aromatic heterocycles. The lowest BCUT2D eigenvalue weighted by Gasteiger charge is -2.02. The number of halogens is 1. The van der Waals surface area contributed by atoms with Gasteiger partial charge in [-0.3, -0.25) is 4.79 Å². The Labute approximate surface area is 88.8 Å². The summed E-state index contributed by atoms with van der Waals surface area (Å²) in [6.07, 6.45) is 0. The van der Waals surface area contributed by atoms with Gasteiger partial charge in [-0.25, -0.2) is 0 Å². The summed E-state index contributed by atoms with van der Waals surface area (Å²) in [5.74, 6) is 0.728. The zero-order valence-corrected chi connectivity index (χ0v) is 9.09. The molecule has 0 spiro atoms. The van der Waals surface area contributed by atoms with Gasteiger partial charge in [-0.05, 0) is 28.1 Å². The van der Waals surface area contributed by atoms with Gasteiger partial charge in [-0.2, -0.15) is 0 Å². The molecule has 0 fully saturated rings. The molecule has 0 atom stereocenters. The van der Waals surface area contributed by atoms with Crippen molar-refractivity contribution >= 4 is 26.8 Å². The van der Waals surface area contributed by atoms with E-state index in [1.54, 1.807) is 25.3 Å². The van der Waals surface area contributed by atoms with Crippen LogP contribution in [-0.4, -0.2) is 12.1 Å². The molecule has 1 N–H and O–H groups in total. The van der Waals surface area contributed by atoms with E-state index in [1.165, 1.54) is 6.07 Å². The topological polar surface area (TPSA) is 42.1 Å². The Morgan fingerprint density at radius 1 is 1.36 bits per heavy atom. The van der Waals surface area contributed by atoms with E-state index in [9.17, 15) is 4.79 Å². The summed E-state index contributed by atoms with van der Waals surface area (Å²) in [4.78, 5) is 14.6. The van der Waals surface area contributed by atoms with Crippen molar-refractivity contribution in [1.82, 2.24) is 4.98 Å². The summed E-state index contributed by atoms with van der Waals surface area (Å²) in [6.45, 7) is 0. The van der Waals surface area contributed by atoms with Gasteiger partial charge in [0, 0.05) is 17.5 Å². The Morgan fingerprint density at radius 2 is 2.14 bits per heavy atom. The molecule has 14 heavy (non-hydrogen) atoms. The van der Waals surface area contributed by atoms with Gasteiger partial charge >= 0.3 is 0 Å². The molecular weight excluding hydrogens is 246 g/mol. The number of hydrogen-bond acceptors (Lipinski definition) is 2. The maximum Gasteiger partial charge on any atom is 0.190 e. The van der Waals surface area contributed by atoms with E-state index in [2.05, 4.69) is 20.9 Å². The standard InChI is InChI=1S/C10H8BrNO2/c1-14-6-2-3-7-8(4-6)12-10(11)5-9(7)13/h2-5H,1H3,(H,12,13). The average Bonchev–Trinajstić information content (AvgIpc) is 2.16. The number of pyridine rings is 1. The summed E-state index contributed by atoms with van der Waals surface area (Å²) in [7, 11) is 1.59. The summed E-state index contributed by atoms with van der Waals surface area (Å²) in [5, 5.41) is 0.661. The quantitative estimate of drug-likeness (QED) is 0.793. The first-order valence-corrected chi connectivity index (χ1v) is 4.86. The van der Waals surface area contributed by atoms with Gasteiger partial charge in [0.15, 0.2) is 5.43 Å². The van der Waals surface area contributed by atoms with Crippen molar-refractivity contribution < 1.29 is 4.74 Å². The number of benzene rings is 1. The molecule has 3 nitrogen and oxygen atoms in total. The second kappa shape index (κ2) is 3.46. The highest BCUT2D eigenvalue weighted by atomic mass is 79.9. The third-order valence-electron chi connectivity index (χ3n) is 2.00. The molecule has 0 aliphatic carbocycles. The maximum absolute atomic E-state index is 11.5. The summed E-state index contributed by atoms with van der Waals surface area (Å²) in [6, 6.07) is 6.82. The Balaban J connectivity index is 2.82. The van der Waals surface area contributed by atoms with Gasteiger partial charge in [0.25, 0.3) is 0 Å². The Kier molecular flexibility index (Phi) is 2.29. The van der Waals surface area contributed by atoms with E-state index in [1.807, 2.05) is 0 Å². The van der Waals surface area contributed by atoms with Crippen molar-refractivity contribution in [3.8, 4) is 5.75 Å². The van der Waals surface area contributed by atoms with Crippen LogP contribution in [0.3, 0.4) is 0 Å². The molecule has 0 radical (unpaired) electrons. The molecular formula is C10H8BrNO2. The first-order valence-electron chi connectivity index (χ1n) is 4.07. The number of methoxy groups -OCH3 is 1.